The maximum Gasteiger partial charge on any atom is 0.246 e. The van der Waals surface area contributed by atoms with E-state index in [4.69, 9.17) is 5.26 Å². The molecule has 0 N–H and O–H groups in total. The van der Waals surface area contributed by atoms with Crippen LogP contribution in [-0.2, 0) is 21.4 Å². The summed E-state index contributed by atoms with van der Waals surface area (Å²) in [6, 6.07) is 13.6. The fraction of sp³-hybridized carbons (Fsp3) is 0.333. The molecule has 1 aromatic heterocycles. The molecular formula is C30H27F2N5O3S. The average Bonchev–Trinajstić information content (AvgIpc) is 2.96. The number of hydrogen-bond donors (Lipinski definition) is 0. The van der Waals surface area contributed by atoms with Crippen LogP contribution in [0.3, 0.4) is 0 Å². The van der Waals surface area contributed by atoms with Gasteiger partial charge in [0.25, 0.3) is 0 Å². The first kappa shape index (κ1) is 28.3. The monoisotopic (exact) mass is 575 g/mol. The zero-order valence-corrected chi connectivity index (χ0v) is 22.9. The van der Waals surface area contributed by atoms with E-state index in [2.05, 4.69) is 4.98 Å². The number of pyridine rings is 1. The third-order valence-electron chi connectivity index (χ3n) is 7.80. The Kier molecular flexibility index (Phi) is 8.11. The SMILES string of the molecule is N#Cc1ccc(N(Cc2ccc(C3CCCCC3)cn2)C(=O)[C@H]2CCN2S(=O)(=O)c2cc(C#N)c(F)cc2F)cc1. The van der Waals surface area contributed by atoms with E-state index in [1.165, 1.54) is 30.2 Å². The molecular weight excluding hydrogens is 548 g/mol. The zero-order chi connectivity index (χ0) is 29.1. The van der Waals surface area contributed by atoms with Crippen molar-refractivity contribution in [2.24, 2.45) is 0 Å². The van der Waals surface area contributed by atoms with Gasteiger partial charge in [-0.05, 0) is 67.1 Å². The summed E-state index contributed by atoms with van der Waals surface area (Å²) in [5, 5.41) is 18.3. The van der Waals surface area contributed by atoms with Crippen LogP contribution in [0.2, 0.25) is 0 Å². The largest absolute Gasteiger partial charge is 0.305 e. The van der Waals surface area contributed by atoms with Gasteiger partial charge in [-0.3, -0.25) is 9.78 Å². The Morgan fingerprint density at radius 1 is 0.976 bits per heavy atom. The molecule has 2 fully saturated rings. The quantitative estimate of drug-likeness (QED) is 0.385. The van der Waals surface area contributed by atoms with Gasteiger partial charge in [-0.15, -0.1) is 0 Å². The first-order valence-corrected chi connectivity index (χ1v) is 14.8. The molecule has 0 unspecified atom stereocenters. The Morgan fingerprint density at radius 3 is 2.29 bits per heavy atom. The van der Waals surface area contributed by atoms with Gasteiger partial charge in [0.15, 0.2) is 0 Å². The summed E-state index contributed by atoms with van der Waals surface area (Å²) >= 11 is 0. The van der Waals surface area contributed by atoms with Crippen LogP contribution >= 0.6 is 0 Å². The highest BCUT2D eigenvalue weighted by Gasteiger charge is 2.45. The van der Waals surface area contributed by atoms with E-state index in [1.54, 1.807) is 24.3 Å². The summed E-state index contributed by atoms with van der Waals surface area (Å²) in [4.78, 5) is 19.0. The van der Waals surface area contributed by atoms with Gasteiger partial charge in [0.2, 0.25) is 15.9 Å². The second-order valence-electron chi connectivity index (χ2n) is 10.3. The van der Waals surface area contributed by atoms with Crippen LogP contribution in [-0.4, -0.2) is 36.2 Å². The van der Waals surface area contributed by atoms with Crippen LogP contribution < -0.4 is 4.90 Å². The first-order valence-electron chi connectivity index (χ1n) is 13.4. The fourth-order valence-electron chi connectivity index (χ4n) is 5.40. The Morgan fingerprint density at radius 2 is 1.71 bits per heavy atom. The maximum absolute atomic E-state index is 14.6. The molecule has 1 saturated heterocycles. The van der Waals surface area contributed by atoms with Gasteiger partial charge in [0.05, 0.1) is 29.4 Å². The minimum absolute atomic E-state index is 0.0452. The van der Waals surface area contributed by atoms with E-state index in [1.807, 2.05) is 24.4 Å². The molecule has 8 nitrogen and oxygen atoms in total. The van der Waals surface area contributed by atoms with E-state index in [-0.39, 0.29) is 19.5 Å². The van der Waals surface area contributed by atoms with Crippen LogP contribution in [0, 0.1) is 34.3 Å². The standard InChI is InChI=1S/C30H27F2N5O3S/c31-26-15-27(32)29(14-23(26)17-34)41(39,40)37-13-12-28(37)30(38)36(25-10-6-20(16-33)7-11-25)19-24-9-8-22(18-35-24)21-4-2-1-3-5-21/h6-11,14-15,18,21,28H,1-5,12-13,19H2/t28-/m1/s1. The number of amides is 1. The Hall–Kier alpha value is -4.19. The summed E-state index contributed by atoms with van der Waals surface area (Å²) < 4.78 is 56.0. The molecule has 11 heteroatoms. The van der Waals surface area contributed by atoms with Crippen molar-refractivity contribution in [3.63, 3.8) is 0 Å². The van der Waals surface area contributed by atoms with Gasteiger partial charge in [-0.25, -0.2) is 17.2 Å². The lowest BCUT2D eigenvalue weighted by atomic mass is 9.85. The van der Waals surface area contributed by atoms with Crippen molar-refractivity contribution in [3.05, 3.63) is 88.7 Å². The molecule has 210 valence electrons. The molecule has 1 aliphatic heterocycles. The van der Waals surface area contributed by atoms with Crippen LogP contribution in [0.15, 0.2) is 59.6 Å². The molecule has 3 aromatic rings. The highest BCUT2D eigenvalue weighted by Crippen LogP contribution is 2.34. The molecule has 2 heterocycles. The Balaban J connectivity index is 1.43. The van der Waals surface area contributed by atoms with Crippen molar-refractivity contribution in [3.8, 4) is 12.1 Å². The van der Waals surface area contributed by atoms with Gasteiger partial charge in [-0.1, -0.05) is 25.3 Å². The number of sulfonamides is 1. The number of hydrogen-bond acceptors (Lipinski definition) is 6. The van der Waals surface area contributed by atoms with Crippen molar-refractivity contribution in [2.45, 2.75) is 61.9 Å². The van der Waals surface area contributed by atoms with Gasteiger partial charge in [-0.2, -0.15) is 14.8 Å². The number of benzene rings is 2. The predicted molar refractivity (Wildman–Crippen MR) is 146 cm³/mol. The minimum Gasteiger partial charge on any atom is -0.305 e. The molecule has 1 aliphatic carbocycles. The smallest absolute Gasteiger partial charge is 0.246 e. The summed E-state index contributed by atoms with van der Waals surface area (Å²) in [6.45, 7) is -0.00343. The van der Waals surface area contributed by atoms with Gasteiger partial charge < -0.3 is 4.90 Å². The summed E-state index contributed by atoms with van der Waals surface area (Å²) in [6.07, 6.45) is 7.87. The van der Waals surface area contributed by atoms with E-state index >= 15 is 0 Å². The molecule has 0 bridgehead atoms. The highest BCUT2D eigenvalue weighted by molar-refractivity contribution is 7.89. The van der Waals surface area contributed by atoms with Crippen molar-refractivity contribution < 1.29 is 22.0 Å². The molecule has 1 atom stereocenters. The number of carbonyl (C=O) groups is 1. The highest BCUT2D eigenvalue weighted by atomic mass is 32.2. The van der Waals surface area contributed by atoms with Gasteiger partial charge in [0, 0.05) is 24.5 Å². The third-order valence-corrected chi connectivity index (χ3v) is 9.73. The molecule has 5 rings (SSSR count). The molecule has 1 amide bonds. The molecule has 0 radical (unpaired) electrons. The number of carbonyl (C=O) groups excluding carboxylic acids is 1. The van der Waals surface area contributed by atoms with E-state index in [0.717, 1.165) is 22.7 Å². The predicted octanol–water partition coefficient (Wildman–Crippen LogP) is 5.15. The third kappa shape index (κ3) is 5.69. The van der Waals surface area contributed by atoms with Crippen LogP contribution in [0.1, 0.15) is 66.8 Å². The van der Waals surface area contributed by atoms with E-state index < -0.39 is 44.1 Å². The lowest BCUT2D eigenvalue weighted by Gasteiger charge is -2.41. The zero-order valence-electron chi connectivity index (χ0n) is 22.1. The van der Waals surface area contributed by atoms with E-state index in [0.29, 0.717) is 35.0 Å². The number of aromatic nitrogens is 1. The Bertz CT molecular complexity index is 1640. The van der Waals surface area contributed by atoms with Gasteiger partial charge in [0.1, 0.15) is 28.6 Å². The number of anilines is 1. The van der Waals surface area contributed by atoms with Crippen LogP contribution in [0.4, 0.5) is 14.5 Å². The molecule has 41 heavy (non-hydrogen) atoms. The van der Waals surface area contributed by atoms with Crippen molar-refractivity contribution in [1.82, 2.24) is 9.29 Å². The van der Waals surface area contributed by atoms with Crippen molar-refractivity contribution >= 4 is 21.6 Å². The molecule has 1 saturated carbocycles. The number of nitriles is 2. The maximum atomic E-state index is 14.6. The summed E-state index contributed by atoms with van der Waals surface area (Å²) in [7, 11) is -4.56. The second-order valence-corrected chi connectivity index (χ2v) is 12.2. The van der Waals surface area contributed by atoms with E-state index in [9.17, 15) is 27.3 Å². The lowest BCUT2D eigenvalue weighted by molar-refractivity contribution is -0.125. The molecule has 2 aromatic carbocycles. The van der Waals surface area contributed by atoms with Crippen molar-refractivity contribution in [1.29, 1.82) is 10.5 Å². The number of nitrogens with zero attached hydrogens (tertiary/aromatic N) is 5. The molecule has 0 spiro atoms. The number of halogens is 2. The van der Waals surface area contributed by atoms with Crippen LogP contribution in [0.25, 0.3) is 0 Å². The van der Waals surface area contributed by atoms with Crippen LogP contribution in [0.5, 0.6) is 0 Å². The normalized spacial score (nSPS) is 17.7. The second kappa shape index (κ2) is 11.7. The summed E-state index contributed by atoms with van der Waals surface area (Å²) in [5.41, 5.74) is 1.97. The molecule has 2 aliphatic rings. The summed E-state index contributed by atoms with van der Waals surface area (Å²) in [5.74, 6) is -2.60. The minimum atomic E-state index is -4.56. The topological polar surface area (TPSA) is 118 Å². The average molecular weight is 576 g/mol. The fourth-order valence-corrected chi connectivity index (χ4v) is 7.10. The number of rotatable bonds is 7. The Labute approximate surface area is 237 Å². The first-order chi connectivity index (χ1) is 19.7. The van der Waals surface area contributed by atoms with Gasteiger partial charge >= 0.3 is 0 Å². The lowest BCUT2D eigenvalue weighted by Crippen LogP contribution is -2.59. The van der Waals surface area contributed by atoms with Crippen molar-refractivity contribution in [2.75, 3.05) is 11.4 Å².